The number of carbonyl (C=O) groups is 1. The zero-order valence-electron chi connectivity index (χ0n) is 16.1. The second-order valence-corrected chi connectivity index (χ2v) is 7.83. The van der Waals surface area contributed by atoms with E-state index in [0.29, 0.717) is 21.7 Å². The highest BCUT2D eigenvalue weighted by Crippen LogP contribution is 2.29. The number of amides is 1. The summed E-state index contributed by atoms with van der Waals surface area (Å²) in [5.41, 5.74) is 3.52. The number of nitrogens with one attached hydrogen (secondary N) is 1. The summed E-state index contributed by atoms with van der Waals surface area (Å²) in [7, 11) is 0. The number of rotatable bonds is 6. The number of thioether (sulfide) groups is 1. The molecule has 2 aromatic carbocycles. The molecule has 0 aliphatic rings. The zero-order chi connectivity index (χ0) is 20.9. The molecule has 4 aromatic rings. The molecule has 1 N–H and O–H groups in total. The highest BCUT2D eigenvalue weighted by molar-refractivity contribution is 7.99. The Morgan fingerprint density at radius 2 is 1.77 bits per heavy atom. The normalized spacial score (nSPS) is 10.7. The second-order valence-electron chi connectivity index (χ2n) is 6.48. The van der Waals surface area contributed by atoms with Gasteiger partial charge in [0.15, 0.2) is 11.0 Å². The first kappa shape index (κ1) is 20.1. The zero-order valence-corrected chi connectivity index (χ0v) is 17.7. The minimum absolute atomic E-state index is 0.169. The van der Waals surface area contributed by atoms with Gasteiger partial charge in [-0.2, -0.15) is 0 Å². The van der Waals surface area contributed by atoms with Crippen molar-refractivity contribution in [2.24, 2.45) is 0 Å². The van der Waals surface area contributed by atoms with Gasteiger partial charge in [0.25, 0.3) is 0 Å². The summed E-state index contributed by atoms with van der Waals surface area (Å²) in [6.07, 6.45) is 3.44. The molecule has 0 unspecified atom stereocenters. The van der Waals surface area contributed by atoms with Gasteiger partial charge in [-0.15, -0.1) is 10.2 Å². The first-order valence-electron chi connectivity index (χ1n) is 9.22. The summed E-state index contributed by atoms with van der Waals surface area (Å²) in [6, 6.07) is 18.9. The third kappa shape index (κ3) is 4.37. The van der Waals surface area contributed by atoms with E-state index < -0.39 is 0 Å². The van der Waals surface area contributed by atoms with Crippen molar-refractivity contribution in [3.8, 4) is 17.1 Å². The Hall–Kier alpha value is -3.16. The summed E-state index contributed by atoms with van der Waals surface area (Å²) in [5, 5.41) is 12.7. The average molecular weight is 436 g/mol. The van der Waals surface area contributed by atoms with Gasteiger partial charge in [0, 0.05) is 18.0 Å². The van der Waals surface area contributed by atoms with Crippen LogP contribution in [0.3, 0.4) is 0 Å². The smallest absolute Gasteiger partial charge is 0.234 e. The molecule has 2 heterocycles. The van der Waals surface area contributed by atoms with Crippen molar-refractivity contribution >= 4 is 35.0 Å². The highest BCUT2D eigenvalue weighted by Gasteiger charge is 2.18. The number of hydrogen-bond acceptors (Lipinski definition) is 5. The van der Waals surface area contributed by atoms with Crippen molar-refractivity contribution in [3.63, 3.8) is 0 Å². The van der Waals surface area contributed by atoms with Crippen LogP contribution in [0.5, 0.6) is 0 Å². The maximum absolute atomic E-state index is 12.5. The number of aromatic nitrogens is 4. The molecule has 0 radical (unpaired) electrons. The van der Waals surface area contributed by atoms with Gasteiger partial charge in [-0.05, 0) is 42.8 Å². The predicted molar refractivity (Wildman–Crippen MR) is 120 cm³/mol. The van der Waals surface area contributed by atoms with Crippen LogP contribution in [0.4, 0.5) is 5.69 Å². The molecule has 0 spiro atoms. The second kappa shape index (κ2) is 9.11. The summed E-state index contributed by atoms with van der Waals surface area (Å²) in [6.45, 7) is 2.03. The Kier molecular flexibility index (Phi) is 6.11. The number of pyridine rings is 1. The van der Waals surface area contributed by atoms with E-state index >= 15 is 0 Å². The monoisotopic (exact) mass is 435 g/mol. The Labute approximate surface area is 183 Å². The highest BCUT2D eigenvalue weighted by atomic mass is 35.5. The summed E-state index contributed by atoms with van der Waals surface area (Å²) in [5.74, 6) is 0.699. The van der Waals surface area contributed by atoms with E-state index in [1.807, 2.05) is 60.0 Å². The van der Waals surface area contributed by atoms with Crippen LogP contribution >= 0.6 is 23.4 Å². The number of benzene rings is 2. The third-order valence-corrected chi connectivity index (χ3v) is 5.67. The lowest BCUT2D eigenvalue weighted by Gasteiger charge is -2.13. The SMILES string of the molecule is Cc1ccccc1-n1c(SCC(=O)Nc2ccccc2Cl)nnc1-c1ccncc1. The standard InChI is InChI=1S/C22H18ClN5OS/c1-15-6-2-5-9-19(15)28-21(16-10-12-24-13-11-16)26-27-22(28)30-14-20(29)25-18-8-4-3-7-17(18)23/h2-13H,14H2,1H3,(H,25,29). The van der Waals surface area contributed by atoms with E-state index in [4.69, 9.17) is 11.6 Å². The molecule has 2 aromatic heterocycles. The first-order valence-corrected chi connectivity index (χ1v) is 10.6. The van der Waals surface area contributed by atoms with Gasteiger partial charge in [-0.25, -0.2) is 0 Å². The lowest BCUT2D eigenvalue weighted by Crippen LogP contribution is -2.15. The number of aryl methyl sites for hydroxylation is 1. The number of carbonyl (C=O) groups excluding carboxylic acids is 1. The van der Waals surface area contributed by atoms with Gasteiger partial charge in [-0.1, -0.05) is 53.7 Å². The fraction of sp³-hybridized carbons (Fsp3) is 0.0909. The van der Waals surface area contributed by atoms with Gasteiger partial charge in [-0.3, -0.25) is 14.3 Å². The Morgan fingerprint density at radius 1 is 1.03 bits per heavy atom. The number of nitrogens with zero attached hydrogens (tertiary/aromatic N) is 4. The largest absolute Gasteiger partial charge is 0.324 e. The van der Waals surface area contributed by atoms with E-state index in [9.17, 15) is 4.79 Å². The van der Waals surface area contributed by atoms with Gasteiger partial charge < -0.3 is 5.32 Å². The molecule has 8 heteroatoms. The van der Waals surface area contributed by atoms with Gasteiger partial charge in [0.2, 0.25) is 5.91 Å². The predicted octanol–water partition coefficient (Wildman–Crippen LogP) is 5.02. The van der Waals surface area contributed by atoms with Crippen LogP contribution in [0.2, 0.25) is 5.02 Å². The molecular weight excluding hydrogens is 418 g/mol. The quantitative estimate of drug-likeness (QED) is 0.430. The molecule has 1 amide bonds. The van der Waals surface area contributed by atoms with Gasteiger partial charge >= 0.3 is 0 Å². The lowest BCUT2D eigenvalue weighted by atomic mass is 10.2. The van der Waals surface area contributed by atoms with E-state index in [1.165, 1.54) is 11.8 Å². The minimum Gasteiger partial charge on any atom is -0.324 e. The molecular formula is C22H18ClN5OS. The molecule has 0 saturated carbocycles. The molecule has 0 bridgehead atoms. The molecule has 4 rings (SSSR count). The molecule has 0 aliphatic carbocycles. The van der Waals surface area contributed by atoms with Crippen molar-refractivity contribution in [3.05, 3.63) is 83.6 Å². The molecule has 30 heavy (non-hydrogen) atoms. The van der Waals surface area contributed by atoms with Crippen LogP contribution in [0.1, 0.15) is 5.56 Å². The molecule has 6 nitrogen and oxygen atoms in total. The maximum atomic E-state index is 12.5. The van der Waals surface area contributed by atoms with Crippen LogP contribution in [0, 0.1) is 6.92 Å². The van der Waals surface area contributed by atoms with Crippen LogP contribution in [-0.2, 0) is 4.79 Å². The summed E-state index contributed by atoms with van der Waals surface area (Å²) < 4.78 is 1.97. The molecule has 0 fully saturated rings. The molecule has 0 atom stereocenters. The van der Waals surface area contributed by atoms with E-state index in [2.05, 4.69) is 20.5 Å². The fourth-order valence-electron chi connectivity index (χ4n) is 2.96. The van der Waals surface area contributed by atoms with Gasteiger partial charge in [0.1, 0.15) is 0 Å². The van der Waals surface area contributed by atoms with Crippen LogP contribution in [-0.4, -0.2) is 31.4 Å². The van der Waals surface area contributed by atoms with Crippen molar-refractivity contribution < 1.29 is 4.79 Å². The average Bonchev–Trinajstić information content (AvgIpc) is 3.18. The van der Waals surface area contributed by atoms with Crippen molar-refractivity contribution in [2.75, 3.05) is 11.1 Å². The van der Waals surface area contributed by atoms with Crippen molar-refractivity contribution in [1.82, 2.24) is 19.7 Å². The number of para-hydroxylation sites is 2. The van der Waals surface area contributed by atoms with E-state index in [0.717, 1.165) is 16.8 Å². The Bertz CT molecular complexity index is 1180. The summed E-state index contributed by atoms with van der Waals surface area (Å²) in [4.78, 5) is 16.6. The molecule has 0 saturated heterocycles. The van der Waals surface area contributed by atoms with Crippen LogP contribution in [0.15, 0.2) is 78.2 Å². The maximum Gasteiger partial charge on any atom is 0.234 e. The Balaban J connectivity index is 1.62. The van der Waals surface area contributed by atoms with E-state index in [1.54, 1.807) is 24.5 Å². The van der Waals surface area contributed by atoms with Crippen LogP contribution < -0.4 is 5.32 Å². The fourth-order valence-corrected chi connectivity index (χ4v) is 3.89. The number of hydrogen-bond donors (Lipinski definition) is 1. The summed E-state index contributed by atoms with van der Waals surface area (Å²) >= 11 is 7.44. The van der Waals surface area contributed by atoms with Gasteiger partial charge in [0.05, 0.1) is 22.2 Å². The van der Waals surface area contributed by atoms with Crippen molar-refractivity contribution in [2.45, 2.75) is 12.1 Å². The van der Waals surface area contributed by atoms with E-state index in [-0.39, 0.29) is 11.7 Å². The Morgan fingerprint density at radius 3 is 2.53 bits per heavy atom. The molecule has 150 valence electrons. The topological polar surface area (TPSA) is 72.7 Å². The minimum atomic E-state index is -0.169. The lowest BCUT2D eigenvalue weighted by molar-refractivity contribution is -0.113. The van der Waals surface area contributed by atoms with Crippen LogP contribution in [0.25, 0.3) is 17.1 Å². The number of halogens is 1. The molecule has 0 aliphatic heterocycles. The number of anilines is 1. The third-order valence-electron chi connectivity index (χ3n) is 4.41. The van der Waals surface area contributed by atoms with Crippen molar-refractivity contribution in [1.29, 1.82) is 0 Å². The first-order chi connectivity index (χ1) is 14.6.